The smallest absolute Gasteiger partial charge is 0.164 e. The molecule has 1 aromatic heterocycles. The molecule has 362 valence electrons. The molecule has 0 radical (unpaired) electrons. The van der Waals surface area contributed by atoms with Crippen LogP contribution in [0.25, 0.3) is 101 Å². The quantitative estimate of drug-likeness (QED) is 0.160. The molecule has 12 rings (SSSR count). The summed E-state index contributed by atoms with van der Waals surface area (Å²) in [5, 5.41) is 0. The zero-order valence-corrected chi connectivity index (χ0v) is 44.4. The zero-order chi connectivity index (χ0) is 51.3. The van der Waals surface area contributed by atoms with Crippen molar-refractivity contribution in [2.45, 2.75) is 90.9 Å². The van der Waals surface area contributed by atoms with Crippen LogP contribution in [0.2, 0.25) is 0 Å². The van der Waals surface area contributed by atoms with Gasteiger partial charge in [0.25, 0.3) is 0 Å². The van der Waals surface area contributed by atoms with Crippen LogP contribution in [0, 0.1) is 0 Å². The third-order valence-electron chi connectivity index (χ3n) is 16.0. The Balaban J connectivity index is 1.13. The number of hydrogen-bond acceptors (Lipinski definition) is 3. The number of rotatable bonds is 7. The molecule has 10 aromatic rings. The molecule has 3 heteroatoms. The minimum Gasteiger partial charge on any atom is -0.208 e. The van der Waals surface area contributed by atoms with E-state index in [0.29, 0.717) is 17.5 Å². The summed E-state index contributed by atoms with van der Waals surface area (Å²) in [5.41, 5.74) is 25.0. The van der Waals surface area contributed by atoms with Gasteiger partial charge in [-0.25, -0.2) is 15.0 Å². The first-order chi connectivity index (χ1) is 35.4. The first-order valence-electron chi connectivity index (χ1n) is 26.3. The highest BCUT2D eigenvalue weighted by atomic mass is 15.0. The fraction of sp³-hybridized carbons (Fsp3) is 0.197. The minimum absolute atomic E-state index is 0.114. The van der Waals surface area contributed by atoms with Crippen molar-refractivity contribution in [1.29, 1.82) is 0 Å². The van der Waals surface area contributed by atoms with Crippen LogP contribution < -0.4 is 0 Å². The summed E-state index contributed by atoms with van der Waals surface area (Å²) in [6, 6.07) is 73.9. The summed E-state index contributed by atoms with van der Waals surface area (Å²) in [6.45, 7) is 23.4. The van der Waals surface area contributed by atoms with Crippen LogP contribution in [0.1, 0.15) is 103 Å². The fourth-order valence-electron chi connectivity index (χ4n) is 11.8. The molecule has 0 unspecified atom stereocenters. The van der Waals surface area contributed by atoms with E-state index in [1.54, 1.807) is 0 Å². The van der Waals surface area contributed by atoms with Crippen LogP contribution in [-0.2, 0) is 21.7 Å². The van der Waals surface area contributed by atoms with Gasteiger partial charge in [-0.2, -0.15) is 0 Å². The lowest BCUT2D eigenvalue weighted by atomic mass is 9.80. The number of hydrogen-bond donors (Lipinski definition) is 0. The average molecular weight is 958 g/mol. The van der Waals surface area contributed by atoms with E-state index in [9.17, 15) is 0 Å². The molecule has 9 aromatic carbocycles. The maximum atomic E-state index is 5.34. The summed E-state index contributed by atoms with van der Waals surface area (Å²) >= 11 is 0. The van der Waals surface area contributed by atoms with E-state index in [1.165, 1.54) is 77.9 Å². The molecule has 3 nitrogen and oxygen atoms in total. The van der Waals surface area contributed by atoms with Crippen molar-refractivity contribution in [3.05, 3.63) is 234 Å². The van der Waals surface area contributed by atoms with Gasteiger partial charge in [-0.05, 0) is 141 Å². The molecular formula is C71H63N3. The average Bonchev–Trinajstić information content (AvgIpc) is 3.80. The van der Waals surface area contributed by atoms with Crippen molar-refractivity contribution in [3.8, 4) is 101 Å². The van der Waals surface area contributed by atoms with Gasteiger partial charge in [0.15, 0.2) is 17.5 Å². The van der Waals surface area contributed by atoms with E-state index in [2.05, 4.69) is 233 Å². The number of fused-ring (bicyclic) bond motifs is 6. The van der Waals surface area contributed by atoms with E-state index in [0.717, 1.165) is 38.9 Å². The summed E-state index contributed by atoms with van der Waals surface area (Å²) in [5.74, 6) is 1.90. The number of aromatic nitrogens is 3. The predicted molar refractivity (Wildman–Crippen MR) is 310 cm³/mol. The first-order valence-corrected chi connectivity index (χ1v) is 26.3. The molecule has 2 aliphatic rings. The molecule has 74 heavy (non-hydrogen) atoms. The molecule has 0 spiro atoms. The fourth-order valence-corrected chi connectivity index (χ4v) is 11.8. The van der Waals surface area contributed by atoms with E-state index >= 15 is 0 Å². The summed E-state index contributed by atoms with van der Waals surface area (Å²) in [7, 11) is 0. The second kappa shape index (κ2) is 17.3. The molecule has 0 N–H and O–H groups in total. The van der Waals surface area contributed by atoms with Crippen LogP contribution in [0.3, 0.4) is 0 Å². The Hall–Kier alpha value is -8.01. The lowest BCUT2D eigenvalue weighted by Gasteiger charge is -2.24. The molecule has 0 fully saturated rings. The SMILES string of the molecule is CC(C)(C)c1cc(-c2cc(-c3cc(-c4cccc5c4-c4ccccc4C5(C)C)cc(C(C)(C)C)c3)cc(-c3nc(-c4ccccc4)nc(-c4ccccc4)n3)c2)cc(-c2cccc3c2-c2ccccc2C3(C)C)c1. The van der Waals surface area contributed by atoms with Gasteiger partial charge in [-0.3, -0.25) is 0 Å². The molecule has 2 aliphatic carbocycles. The van der Waals surface area contributed by atoms with Crippen molar-refractivity contribution in [1.82, 2.24) is 15.0 Å². The standard InChI is InChI=1S/C71H63N3/c1-68(2,3)53-40-48(36-50(42-53)55-29-21-33-61-63(55)57-27-17-19-31-59(57)70(61,7)8)46-35-47(39-52(38-46)67-73-65(44-23-13-11-14-24-44)72-66(74-67)45-25-15-12-16-26-45)49-37-51(43-54(41-49)69(4,5)6)56-30-22-34-62-64(56)58-28-18-20-32-60(58)71(62,9)10/h11-43H,1-10H3. The predicted octanol–water partition coefficient (Wildman–Crippen LogP) is 18.7. The van der Waals surface area contributed by atoms with Crippen molar-refractivity contribution < 1.29 is 0 Å². The molecule has 0 atom stereocenters. The third kappa shape index (κ3) is 8.01. The second-order valence-corrected chi connectivity index (χ2v) is 23.7. The van der Waals surface area contributed by atoms with Gasteiger partial charge >= 0.3 is 0 Å². The van der Waals surface area contributed by atoms with E-state index in [1.807, 2.05) is 36.4 Å². The van der Waals surface area contributed by atoms with Crippen molar-refractivity contribution in [3.63, 3.8) is 0 Å². The Morgan fingerprint density at radius 3 is 0.973 bits per heavy atom. The Morgan fingerprint density at radius 2 is 0.568 bits per heavy atom. The lowest BCUT2D eigenvalue weighted by Crippen LogP contribution is -2.14. The second-order valence-electron chi connectivity index (χ2n) is 23.7. The Labute approximate surface area is 438 Å². The Morgan fingerprint density at radius 1 is 0.270 bits per heavy atom. The van der Waals surface area contributed by atoms with Gasteiger partial charge in [-0.1, -0.05) is 239 Å². The molecule has 0 aliphatic heterocycles. The van der Waals surface area contributed by atoms with Crippen LogP contribution in [0.5, 0.6) is 0 Å². The molecule has 0 saturated carbocycles. The van der Waals surface area contributed by atoms with Crippen molar-refractivity contribution in [2.75, 3.05) is 0 Å². The Bertz CT molecular complexity index is 3600. The molecule has 0 saturated heterocycles. The van der Waals surface area contributed by atoms with Crippen LogP contribution >= 0.6 is 0 Å². The highest BCUT2D eigenvalue weighted by molar-refractivity contribution is 5.96. The van der Waals surface area contributed by atoms with Crippen LogP contribution in [0.4, 0.5) is 0 Å². The largest absolute Gasteiger partial charge is 0.208 e. The zero-order valence-electron chi connectivity index (χ0n) is 44.4. The van der Waals surface area contributed by atoms with Gasteiger partial charge in [0.1, 0.15) is 0 Å². The highest BCUT2D eigenvalue weighted by Gasteiger charge is 2.38. The van der Waals surface area contributed by atoms with Crippen LogP contribution in [-0.4, -0.2) is 15.0 Å². The molecular weight excluding hydrogens is 895 g/mol. The molecule has 0 amide bonds. The summed E-state index contributed by atoms with van der Waals surface area (Å²) in [6.07, 6.45) is 0. The summed E-state index contributed by atoms with van der Waals surface area (Å²) < 4.78 is 0. The van der Waals surface area contributed by atoms with Gasteiger partial charge in [-0.15, -0.1) is 0 Å². The van der Waals surface area contributed by atoms with Gasteiger partial charge in [0.2, 0.25) is 0 Å². The van der Waals surface area contributed by atoms with Gasteiger partial charge in [0, 0.05) is 27.5 Å². The topological polar surface area (TPSA) is 38.7 Å². The van der Waals surface area contributed by atoms with E-state index in [-0.39, 0.29) is 21.7 Å². The van der Waals surface area contributed by atoms with E-state index in [4.69, 9.17) is 15.0 Å². The van der Waals surface area contributed by atoms with Gasteiger partial charge in [0.05, 0.1) is 0 Å². The minimum atomic E-state index is -0.136. The maximum Gasteiger partial charge on any atom is 0.164 e. The number of benzene rings is 9. The lowest BCUT2D eigenvalue weighted by molar-refractivity contribution is 0.590. The molecule has 0 bridgehead atoms. The third-order valence-corrected chi connectivity index (χ3v) is 16.0. The van der Waals surface area contributed by atoms with E-state index < -0.39 is 0 Å². The van der Waals surface area contributed by atoms with Crippen LogP contribution in [0.15, 0.2) is 200 Å². The first kappa shape index (κ1) is 47.0. The maximum absolute atomic E-state index is 5.34. The monoisotopic (exact) mass is 958 g/mol. The number of nitrogens with zero attached hydrogens (tertiary/aromatic N) is 3. The van der Waals surface area contributed by atoms with Crippen molar-refractivity contribution >= 4 is 0 Å². The van der Waals surface area contributed by atoms with Gasteiger partial charge < -0.3 is 0 Å². The highest BCUT2D eigenvalue weighted by Crippen LogP contribution is 2.54. The molecule has 1 heterocycles. The normalized spacial score (nSPS) is 14.0. The Kier molecular flexibility index (Phi) is 11.0. The summed E-state index contributed by atoms with van der Waals surface area (Å²) in [4.78, 5) is 15.8. The van der Waals surface area contributed by atoms with Crippen molar-refractivity contribution in [2.24, 2.45) is 0 Å².